The Morgan fingerprint density at radius 1 is 0.690 bits per heavy atom. The Morgan fingerprint density at radius 2 is 1.21 bits per heavy atom. The van der Waals surface area contributed by atoms with Crippen LogP contribution in [-0.2, 0) is 0 Å². The summed E-state index contributed by atoms with van der Waals surface area (Å²) in [5.41, 5.74) is 2.93. The largest absolute Gasteiger partial charge is 0.493 e. The fraction of sp³-hybridized carbons (Fsp3) is 0.240. The van der Waals surface area contributed by atoms with Crippen LogP contribution < -0.4 is 14.2 Å². The van der Waals surface area contributed by atoms with E-state index in [0.29, 0.717) is 17.2 Å². The van der Waals surface area contributed by atoms with Crippen molar-refractivity contribution in [3.05, 3.63) is 89.5 Å². The van der Waals surface area contributed by atoms with Gasteiger partial charge in [-0.1, -0.05) is 60.7 Å². The van der Waals surface area contributed by atoms with Crippen molar-refractivity contribution in [2.45, 2.75) is 11.8 Å². The van der Waals surface area contributed by atoms with Gasteiger partial charge in [0, 0.05) is 23.3 Å². The first kappa shape index (κ1) is 19.1. The van der Waals surface area contributed by atoms with Crippen molar-refractivity contribution in [1.82, 2.24) is 0 Å². The van der Waals surface area contributed by atoms with Gasteiger partial charge in [-0.3, -0.25) is 4.79 Å². The van der Waals surface area contributed by atoms with Crippen molar-refractivity contribution in [3.8, 4) is 17.2 Å². The lowest BCUT2D eigenvalue weighted by Gasteiger charge is -2.14. The Hall–Kier alpha value is -3.27. The fourth-order valence-electron chi connectivity index (χ4n) is 4.23. The molecule has 4 nitrogen and oxygen atoms in total. The maximum absolute atomic E-state index is 13.3. The van der Waals surface area contributed by atoms with Crippen molar-refractivity contribution in [1.29, 1.82) is 0 Å². The van der Waals surface area contributed by atoms with Crippen molar-refractivity contribution >= 4 is 5.78 Å². The van der Waals surface area contributed by atoms with Crippen LogP contribution in [0.4, 0.5) is 0 Å². The third kappa shape index (κ3) is 3.46. The number of Topliss-reactive ketones (excluding diaryl/α,β-unsaturated/α-hetero) is 1. The van der Waals surface area contributed by atoms with Gasteiger partial charge >= 0.3 is 0 Å². The van der Waals surface area contributed by atoms with Crippen LogP contribution >= 0.6 is 0 Å². The Morgan fingerprint density at radius 3 is 1.72 bits per heavy atom. The van der Waals surface area contributed by atoms with Crippen LogP contribution in [-0.4, -0.2) is 27.1 Å². The number of carbonyl (C=O) groups excluding carboxylic acids is 1. The van der Waals surface area contributed by atoms with Crippen LogP contribution in [0.2, 0.25) is 0 Å². The third-order valence-corrected chi connectivity index (χ3v) is 5.64. The van der Waals surface area contributed by atoms with E-state index in [0.717, 1.165) is 11.1 Å². The molecule has 0 unspecified atom stereocenters. The molecule has 0 heterocycles. The van der Waals surface area contributed by atoms with Crippen LogP contribution in [0.25, 0.3) is 0 Å². The SMILES string of the molecule is COc1cc([C@H]2[C@H](C(=O)c3ccccc3)[C@H]2c2ccccc2)cc(OC)c1OC. The number of ketones is 1. The molecule has 0 aliphatic heterocycles. The molecule has 3 atom stereocenters. The molecule has 0 spiro atoms. The van der Waals surface area contributed by atoms with Gasteiger partial charge in [-0.2, -0.15) is 0 Å². The molecule has 0 aromatic heterocycles. The van der Waals surface area contributed by atoms with Gasteiger partial charge in [0.05, 0.1) is 21.3 Å². The predicted octanol–water partition coefficient (Wildman–Crippen LogP) is 5.09. The second-order valence-corrected chi connectivity index (χ2v) is 7.18. The van der Waals surface area contributed by atoms with Crippen LogP contribution in [0, 0.1) is 5.92 Å². The highest BCUT2D eigenvalue weighted by molar-refractivity contribution is 6.01. The van der Waals surface area contributed by atoms with Crippen molar-refractivity contribution in [2.75, 3.05) is 21.3 Å². The lowest BCUT2D eigenvalue weighted by atomic mass is 10.0. The molecule has 1 aliphatic carbocycles. The van der Waals surface area contributed by atoms with Gasteiger partial charge in [-0.15, -0.1) is 0 Å². The normalized spacial score (nSPS) is 20.0. The molecule has 1 aliphatic rings. The average molecular weight is 388 g/mol. The van der Waals surface area contributed by atoms with Gasteiger partial charge in [0.25, 0.3) is 0 Å². The molecule has 29 heavy (non-hydrogen) atoms. The maximum Gasteiger partial charge on any atom is 0.203 e. The van der Waals surface area contributed by atoms with Crippen molar-refractivity contribution in [2.24, 2.45) is 5.92 Å². The van der Waals surface area contributed by atoms with Gasteiger partial charge in [-0.05, 0) is 23.3 Å². The number of methoxy groups -OCH3 is 3. The Bertz CT molecular complexity index is 973. The van der Waals surface area contributed by atoms with E-state index in [4.69, 9.17) is 14.2 Å². The summed E-state index contributed by atoms with van der Waals surface area (Å²) in [6.45, 7) is 0. The minimum Gasteiger partial charge on any atom is -0.493 e. The van der Waals surface area contributed by atoms with Crippen molar-refractivity contribution < 1.29 is 19.0 Å². The molecule has 1 saturated carbocycles. The molecule has 0 N–H and O–H groups in total. The number of rotatable bonds is 7. The first-order valence-corrected chi connectivity index (χ1v) is 9.63. The molecular formula is C25H24O4. The smallest absolute Gasteiger partial charge is 0.203 e. The number of hydrogen-bond acceptors (Lipinski definition) is 4. The summed E-state index contributed by atoms with van der Waals surface area (Å²) >= 11 is 0. The molecule has 3 aromatic carbocycles. The number of carbonyl (C=O) groups is 1. The second kappa shape index (κ2) is 8.00. The van der Waals surface area contributed by atoms with E-state index in [-0.39, 0.29) is 23.5 Å². The molecule has 0 saturated heterocycles. The topological polar surface area (TPSA) is 44.8 Å². The van der Waals surface area contributed by atoms with E-state index in [9.17, 15) is 4.79 Å². The predicted molar refractivity (Wildman–Crippen MR) is 112 cm³/mol. The minimum absolute atomic E-state index is 0.0545. The molecule has 148 valence electrons. The van der Waals surface area contributed by atoms with Gasteiger partial charge in [0.2, 0.25) is 5.75 Å². The summed E-state index contributed by atoms with van der Waals surface area (Å²) in [6, 6.07) is 23.6. The second-order valence-electron chi connectivity index (χ2n) is 7.18. The lowest BCUT2D eigenvalue weighted by Crippen LogP contribution is -2.04. The summed E-state index contributed by atoms with van der Waals surface area (Å²) in [5.74, 6) is 1.98. The molecule has 0 radical (unpaired) electrons. The molecule has 1 fully saturated rings. The summed E-state index contributed by atoms with van der Waals surface area (Å²) in [6.07, 6.45) is 0. The Labute approximate surface area is 171 Å². The molecule has 4 heteroatoms. The number of ether oxygens (including phenoxy) is 3. The first-order chi connectivity index (χ1) is 14.2. The maximum atomic E-state index is 13.3. The average Bonchev–Trinajstić information content (AvgIpc) is 3.54. The molecule has 4 rings (SSSR count). The lowest BCUT2D eigenvalue weighted by molar-refractivity contribution is 0.0963. The quantitative estimate of drug-likeness (QED) is 0.529. The summed E-state index contributed by atoms with van der Waals surface area (Å²) in [5, 5.41) is 0. The van der Waals surface area contributed by atoms with Crippen LogP contribution in [0.1, 0.15) is 33.3 Å². The molecule has 3 aromatic rings. The van der Waals surface area contributed by atoms with E-state index >= 15 is 0 Å². The van der Waals surface area contributed by atoms with E-state index < -0.39 is 0 Å². The van der Waals surface area contributed by atoms with Crippen LogP contribution in [0.5, 0.6) is 17.2 Å². The van der Waals surface area contributed by atoms with E-state index in [1.807, 2.05) is 60.7 Å². The monoisotopic (exact) mass is 388 g/mol. The van der Waals surface area contributed by atoms with Crippen LogP contribution in [0.15, 0.2) is 72.8 Å². The zero-order chi connectivity index (χ0) is 20.4. The van der Waals surface area contributed by atoms with E-state index in [2.05, 4.69) is 12.1 Å². The standard InChI is InChI=1S/C25H24O4/c1-27-19-14-18(15-20(28-2)25(19)29-3)22-21(16-10-6-4-7-11-16)23(22)24(26)17-12-8-5-9-13-17/h4-15,21-23H,1-3H3/t21-,22+,23+/m0/s1. The highest BCUT2D eigenvalue weighted by atomic mass is 16.5. The molecule has 0 bridgehead atoms. The summed E-state index contributed by atoms with van der Waals surface area (Å²) < 4.78 is 16.5. The third-order valence-electron chi connectivity index (χ3n) is 5.64. The zero-order valence-corrected chi connectivity index (χ0v) is 16.8. The van der Waals surface area contributed by atoms with Crippen molar-refractivity contribution in [3.63, 3.8) is 0 Å². The summed E-state index contributed by atoms with van der Waals surface area (Å²) in [4.78, 5) is 13.3. The summed E-state index contributed by atoms with van der Waals surface area (Å²) in [7, 11) is 4.80. The number of benzene rings is 3. The van der Waals surface area contributed by atoms with Gasteiger partial charge in [-0.25, -0.2) is 0 Å². The molecular weight excluding hydrogens is 364 g/mol. The number of hydrogen-bond donors (Lipinski definition) is 0. The van der Waals surface area contributed by atoms with Gasteiger partial charge in [0.15, 0.2) is 17.3 Å². The zero-order valence-electron chi connectivity index (χ0n) is 16.8. The molecule has 0 amide bonds. The highest BCUT2D eigenvalue weighted by Gasteiger charge is 2.56. The van der Waals surface area contributed by atoms with E-state index in [1.54, 1.807) is 21.3 Å². The highest BCUT2D eigenvalue weighted by Crippen LogP contribution is 2.62. The first-order valence-electron chi connectivity index (χ1n) is 9.63. The van der Waals surface area contributed by atoms with Gasteiger partial charge in [0.1, 0.15) is 0 Å². The minimum atomic E-state index is -0.123. The van der Waals surface area contributed by atoms with Crippen LogP contribution in [0.3, 0.4) is 0 Å². The van der Waals surface area contributed by atoms with Gasteiger partial charge < -0.3 is 14.2 Å². The Balaban J connectivity index is 1.77. The fourth-order valence-corrected chi connectivity index (χ4v) is 4.23. The van der Waals surface area contributed by atoms with E-state index in [1.165, 1.54) is 5.56 Å². The Kier molecular flexibility index (Phi) is 5.26.